The number of hydrogen-bond donors (Lipinski definition) is 1. The van der Waals surface area contributed by atoms with Crippen LogP contribution >= 0.6 is 15.9 Å². The van der Waals surface area contributed by atoms with Crippen molar-refractivity contribution in [2.45, 2.75) is 38.0 Å². The molecule has 3 aromatic carbocycles. The fourth-order valence-corrected chi connectivity index (χ4v) is 5.98. The molecule has 3 aromatic rings. The molecule has 1 fully saturated rings. The Morgan fingerprint density at radius 3 is 2.33 bits per heavy atom. The molecule has 6 nitrogen and oxygen atoms in total. The lowest BCUT2D eigenvalue weighted by Gasteiger charge is -2.36. The molecule has 0 aromatic heterocycles. The molecule has 0 bridgehead atoms. The number of nitrogens with zero attached hydrogens (tertiary/aromatic N) is 2. The molecule has 8 heteroatoms. The van der Waals surface area contributed by atoms with E-state index in [1.807, 2.05) is 37.3 Å². The molecule has 1 saturated heterocycles. The van der Waals surface area contributed by atoms with Crippen molar-refractivity contribution in [3.05, 3.63) is 87.9 Å². The average Bonchev–Trinajstić information content (AvgIpc) is 2.88. The molecule has 1 amide bonds. The molecule has 4 rings (SSSR count). The maximum atomic E-state index is 13.4. The number of piperazine rings is 1. The highest BCUT2D eigenvalue weighted by Crippen LogP contribution is 2.27. The number of sulfonamides is 1. The minimum Gasteiger partial charge on any atom is -0.367 e. The third-order valence-corrected chi connectivity index (χ3v) is 8.58. The number of hydrogen-bond acceptors (Lipinski definition) is 4. The van der Waals surface area contributed by atoms with E-state index in [4.69, 9.17) is 0 Å². The quantitative estimate of drug-likeness (QED) is 0.368. The Labute approximate surface area is 222 Å². The van der Waals surface area contributed by atoms with Gasteiger partial charge >= 0.3 is 0 Å². The molecule has 1 aliphatic heterocycles. The molecule has 0 aliphatic carbocycles. The molecule has 0 spiro atoms. The van der Waals surface area contributed by atoms with Gasteiger partial charge in [-0.1, -0.05) is 43.7 Å². The van der Waals surface area contributed by atoms with Crippen LogP contribution in [0.15, 0.2) is 76.1 Å². The Balaban J connectivity index is 1.46. The van der Waals surface area contributed by atoms with Crippen LogP contribution < -0.4 is 9.62 Å². The van der Waals surface area contributed by atoms with Crippen molar-refractivity contribution < 1.29 is 13.2 Å². The smallest absolute Gasteiger partial charge is 0.261 e. The monoisotopic (exact) mass is 569 g/mol. The third kappa shape index (κ3) is 6.10. The maximum Gasteiger partial charge on any atom is 0.261 e. The van der Waals surface area contributed by atoms with Gasteiger partial charge in [0.25, 0.3) is 15.9 Å². The maximum absolute atomic E-state index is 13.4. The first-order valence-electron chi connectivity index (χ1n) is 12.3. The van der Waals surface area contributed by atoms with E-state index in [1.54, 1.807) is 29.2 Å². The fourth-order valence-electron chi connectivity index (χ4n) is 4.36. The first-order chi connectivity index (χ1) is 17.3. The molecule has 36 heavy (non-hydrogen) atoms. The van der Waals surface area contributed by atoms with Crippen LogP contribution in [0.1, 0.15) is 41.3 Å². The molecule has 1 N–H and O–H groups in total. The zero-order chi connectivity index (χ0) is 25.7. The van der Waals surface area contributed by atoms with Gasteiger partial charge in [-0.25, -0.2) is 8.42 Å². The van der Waals surface area contributed by atoms with Crippen LogP contribution in [-0.4, -0.2) is 45.4 Å². The molecule has 0 saturated carbocycles. The van der Waals surface area contributed by atoms with Crippen molar-refractivity contribution in [3.8, 4) is 0 Å². The highest BCUT2D eigenvalue weighted by molar-refractivity contribution is 9.10. The van der Waals surface area contributed by atoms with Crippen molar-refractivity contribution in [2.75, 3.05) is 35.8 Å². The van der Waals surface area contributed by atoms with E-state index < -0.39 is 10.0 Å². The number of rotatable bonds is 8. The molecular weight excluding hydrogens is 538 g/mol. The van der Waals surface area contributed by atoms with Gasteiger partial charge in [-0.2, -0.15) is 0 Å². The number of halogens is 1. The van der Waals surface area contributed by atoms with Crippen molar-refractivity contribution >= 4 is 43.2 Å². The standard InChI is InChI=1S/C28H32BrN3O3S/c1-3-4-7-22-11-13-23(14-12-22)30-36(34,35)24-15-10-21(2)25(20-24)28(33)32-18-16-31(17-19-32)27-9-6-5-8-26(27)29/h5-6,8-15,20,30H,3-4,7,16-19H2,1-2H3. The summed E-state index contributed by atoms with van der Waals surface area (Å²) in [5.74, 6) is -0.142. The van der Waals surface area contributed by atoms with Crippen LogP contribution in [0, 0.1) is 6.92 Å². The number of para-hydroxylation sites is 1. The number of amides is 1. The Morgan fingerprint density at radius 2 is 1.67 bits per heavy atom. The Hall–Kier alpha value is -2.84. The summed E-state index contributed by atoms with van der Waals surface area (Å²) in [5.41, 5.74) is 3.97. The molecule has 0 atom stereocenters. The van der Waals surface area contributed by atoms with Crippen molar-refractivity contribution in [2.24, 2.45) is 0 Å². The minimum atomic E-state index is -3.83. The van der Waals surface area contributed by atoms with Crippen LogP contribution in [-0.2, 0) is 16.4 Å². The number of aryl methyl sites for hydroxylation is 2. The molecular formula is C28H32BrN3O3S. The van der Waals surface area contributed by atoms with Crippen LogP contribution in [0.5, 0.6) is 0 Å². The minimum absolute atomic E-state index is 0.0818. The van der Waals surface area contributed by atoms with Gasteiger partial charge in [-0.3, -0.25) is 9.52 Å². The Morgan fingerprint density at radius 1 is 0.972 bits per heavy atom. The van der Waals surface area contributed by atoms with Gasteiger partial charge in [0.05, 0.1) is 10.6 Å². The second kappa shape index (κ2) is 11.5. The third-order valence-electron chi connectivity index (χ3n) is 6.53. The number of carbonyl (C=O) groups excluding carboxylic acids is 1. The summed E-state index contributed by atoms with van der Waals surface area (Å²) in [6.45, 7) is 6.54. The Kier molecular flexibility index (Phi) is 8.36. The number of nitrogens with one attached hydrogen (secondary N) is 1. The predicted octanol–water partition coefficient (Wildman–Crippen LogP) is 5.86. The van der Waals surface area contributed by atoms with E-state index in [0.717, 1.165) is 35.0 Å². The van der Waals surface area contributed by atoms with Crippen molar-refractivity contribution in [1.29, 1.82) is 0 Å². The summed E-state index contributed by atoms with van der Waals surface area (Å²) in [6, 6.07) is 20.3. The molecule has 1 aliphatic rings. The summed E-state index contributed by atoms with van der Waals surface area (Å²) in [5, 5.41) is 0. The molecule has 1 heterocycles. The zero-order valence-electron chi connectivity index (χ0n) is 20.7. The number of anilines is 2. The lowest BCUT2D eigenvalue weighted by Crippen LogP contribution is -2.49. The van der Waals surface area contributed by atoms with Gasteiger partial charge in [0.2, 0.25) is 0 Å². The number of carbonyl (C=O) groups is 1. The summed E-state index contributed by atoms with van der Waals surface area (Å²) < 4.78 is 29.9. The average molecular weight is 571 g/mol. The first-order valence-corrected chi connectivity index (χ1v) is 14.6. The number of benzene rings is 3. The Bertz CT molecular complexity index is 1320. The summed E-state index contributed by atoms with van der Waals surface area (Å²) >= 11 is 3.60. The summed E-state index contributed by atoms with van der Waals surface area (Å²) in [6.07, 6.45) is 3.19. The van der Waals surface area contributed by atoms with Gasteiger partial charge in [-0.05, 0) is 83.2 Å². The predicted molar refractivity (Wildman–Crippen MR) is 149 cm³/mol. The first kappa shape index (κ1) is 26.2. The van der Waals surface area contributed by atoms with Gasteiger partial charge in [0.1, 0.15) is 0 Å². The van der Waals surface area contributed by atoms with Crippen LogP contribution in [0.25, 0.3) is 0 Å². The second-order valence-corrected chi connectivity index (χ2v) is 11.7. The topological polar surface area (TPSA) is 69.7 Å². The van der Waals surface area contributed by atoms with Gasteiger partial charge < -0.3 is 9.80 Å². The van der Waals surface area contributed by atoms with Gasteiger partial charge in [0, 0.05) is 41.9 Å². The van der Waals surface area contributed by atoms with Crippen LogP contribution in [0.3, 0.4) is 0 Å². The molecule has 0 unspecified atom stereocenters. The van der Waals surface area contributed by atoms with Gasteiger partial charge in [0.15, 0.2) is 0 Å². The summed E-state index contributed by atoms with van der Waals surface area (Å²) in [7, 11) is -3.83. The van der Waals surface area contributed by atoms with Crippen LogP contribution in [0.4, 0.5) is 11.4 Å². The highest BCUT2D eigenvalue weighted by Gasteiger charge is 2.25. The van der Waals surface area contributed by atoms with E-state index in [0.29, 0.717) is 37.4 Å². The van der Waals surface area contributed by atoms with Crippen molar-refractivity contribution in [1.82, 2.24) is 4.90 Å². The number of unbranched alkanes of at least 4 members (excludes halogenated alkanes) is 1. The lowest BCUT2D eigenvalue weighted by molar-refractivity contribution is 0.0745. The van der Waals surface area contributed by atoms with E-state index in [9.17, 15) is 13.2 Å². The van der Waals surface area contributed by atoms with Crippen molar-refractivity contribution in [3.63, 3.8) is 0 Å². The van der Waals surface area contributed by atoms with Crippen LogP contribution in [0.2, 0.25) is 0 Å². The SMILES string of the molecule is CCCCc1ccc(NS(=O)(=O)c2ccc(C)c(C(=O)N3CCN(c4ccccc4Br)CC3)c2)cc1. The lowest BCUT2D eigenvalue weighted by atomic mass is 10.1. The largest absolute Gasteiger partial charge is 0.367 e. The summed E-state index contributed by atoms with van der Waals surface area (Å²) in [4.78, 5) is 17.5. The normalized spacial score (nSPS) is 14.1. The second-order valence-electron chi connectivity index (χ2n) is 9.11. The van der Waals surface area contributed by atoms with E-state index in [2.05, 4.69) is 38.5 Å². The van der Waals surface area contributed by atoms with Gasteiger partial charge in [-0.15, -0.1) is 0 Å². The highest BCUT2D eigenvalue weighted by atomic mass is 79.9. The van der Waals surface area contributed by atoms with E-state index >= 15 is 0 Å². The molecule has 0 radical (unpaired) electrons. The van der Waals surface area contributed by atoms with E-state index in [1.165, 1.54) is 11.6 Å². The zero-order valence-corrected chi connectivity index (χ0v) is 23.1. The van der Waals surface area contributed by atoms with E-state index in [-0.39, 0.29) is 10.8 Å². The fraction of sp³-hybridized carbons (Fsp3) is 0.321. The molecule has 190 valence electrons.